The molecule has 15 heavy (non-hydrogen) atoms. The minimum absolute atomic E-state index is 0.180. The third kappa shape index (κ3) is 3.97. The topological polar surface area (TPSA) is 74.2 Å². The van der Waals surface area contributed by atoms with E-state index >= 15 is 0 Å². The van der Waals surface area contributed by atoms with Crippen LogP contribution in [0.25, 0.3) is 0 Å². The largest absolute Gasteiger partial charge is 0.421 e. The highest BCUT2D eigenvalue weighted by atomic mass is 16.5. The number of hydrogen-bond donors (Lipinski definition) is 1. The zero-order valence-electron chi connectivity index (χ0n) is 9.78. The van der Waals surface area contributed by atoms with Gasteiger partial charge in [0, 0.05) is 0 Å². The van der Waals surface area contributed by atoms with Crippen molar-refractivity contribution in [3.63, 3.8) is 0 Å². The van der Waals surface area contributed by atoms with Crippen molar-refractivity contribution in [2.24, 2.45) is 5.73 Å². The molecule has 1 atom stereocenters. The van der Waals surface area contributed by atoms with Crippen LogP contribution in [-0.4, -0.2) is 15.8 Å². The summed E-state index contributed by atoms with van der Waals surface area (Å²) >= 11 is 0. The summed E-state index contributed by atoms with van der Waals surface area (Å²) in [6.45, 7) is 8.22. The molecule has 0 radical (unpaired) electrons. The molecule has 0 saturated heterocycles. The first-order valence-electron chi connectivity index (χ1n) is 5.14. The predicted molar refractivity (Wildman–Crippen MR) is 56.1 cm³/mol. The lowest BCUT2D eigenvalue weighted by Gasteiger charge is -2.17. The number of nitrogens with zero attached hydrogens (tertiary/aromatic N) is 2. The molecule has 86 valence electrons. The van der Waals surface area contributed by atoms with Crippen molar-refractivity contribution in [3.05, 3.63) is 11.8 Å². The Hall–Kier alpha value is -0.940. The van der Waals surface area contributed by atoms with Crippen molar-refractivity contribution in [1.82, 2.24) is 10.2 Å². The van der Waals surface area contributed by atoms with E-state index in [0.29, 0.717) is 18.4 Å². The number of ether oxygens (including phenoxy) is 1. The Morgan fingerprint density at radius 2 is 2.07 bits per heavy atom. The van der Waals surface area contributed by atoms with Gasteiger partial charge >= 0.3 is 0 Å². The predicted octanol–water partition coefficient (Wildman–Crippen LogP) is 1.79. The summed E-state index contributed by atoms with van der Waals surface area (Å²) in [5.41, 5.74) is 5.55. The van der Waals surface area contributed by atoms with Crippen LogP contribution in [0.5, 0.6) is 0 Å². The van der Waals surface area contributed by atoms with E-state index in [2.05, 4.69) is 10.2 Å². The lowest BCUT2D eigenvalue weighted by molar-refractivity contribution is -0.0248. The molecule has 5 heteroatoms. The first-order valence-corrected chi connectivity index (χ1v) is 5.14. The Bertz CT molecular complexity index is 304. The molecule has 0 aromatic carbocycles. The summed E-state index contributed by atoms with van der Waals surface area (Å²) in [6.07, 6.45) is 0.780. The van der Waals surface area contributed by atoms with Gasteiger partial charge in [-0.15, -0.1) is 10.2 Å². The molecule has 0 bridgehead atoms. The normalized spacial score (nSPS) is 14.2. The molecule has 0 saturated carbocycles. The molecule has 2 N–H and O–H groups in total. The molecule has 1 aromatic heterocycles. The van der Waals surface area contributed by atoms with Crippen LogP contribution >= 0.6 is 0 Å². The lowest BCUT2D eigenvalue weighted by Crippen LogP contribution is -2.18. The fourth-order valence-corrected chi connectivity index (χ4v) is 0.928. The van der Waals surface area contributed by atoms with Gasteiger partial charge in [-0.05, 0) is 27.2 Å². The van der Waals surface area contributed by atoms with Crippen molar-refractivity contribution in [3.8, 4) is 0 Å². The van der Waals surface area contributed by atoms with Gasteiger partial charge in [-0.3, -0.25) is 0 Å². The minimum Gasteiger partial charge on any atom is -0.421 e. The van der Waals surface area contributed by atoms with Gasteiger partial charge < -0.3 is 14.9 Å². The monoisotopic (exact) mass is 213 g/mol. The second-order valence-electron chi connectivity index (χ2n) is 4.45. The Morgan fingerprint density at radius 1 is 1.40 bits per heavy atom. The molecule has 0 amide bonds. The summed E-state index contributed by atoms with van der Waals surface area (Å²) in [5, 5.41) is 7.73. The van der Waals surface area contributed by atoms with Crippen LogP contribution in [0.4, 0.5) is 0 Å². The standard InChI is InChI=1S/C10H19N3O2/c1-5-7(11)9-13-12-8(15-9)6-14-10(2,3)4/h7H,5-6,11H2,1-4H3. The molecule has 5 nitrogen and oxygen atoms in total. The quantitative estimate of drug-likeness (QED) is 0.825. The average Bonchev–Trinajstić information content (AvgIpc) is 2.61. The number of hydrogen-bond acceptors (Lipinski definition) is 5. The Balaban J connectivity index is 2.53. The SMILES string of the molecule is CCC(N)c1nnc(COC(C)(C)C)o1. The molecule has 1 aromatic rings. The Morgan fingerprint density at radius 3 is 2.60 bits per heavy atom. The first-order chi connectivity index (χ1) is 6.92. The number of rotatable bonds is 4. The third-order valence-corrected chi connectivity index (χ3v) is 1.87. The molecule has 1 heterocycles. The number of nitrogens with two attached hydrogens (primary N) is 1. The molecule has 0 aliphatic rings. The van der Waals surface area contributed by atoms with E-state index in [1.54, 1.807) is 0 Å². The zero-order chi connectivity index (χ0) is 11.5. The summed E-state index contributed by atoms with van der Waals surface area (Å²) in [5.74, 6) is 0.953. The average molecular weight is 213 g/mol. The molecular formula is C10H19N3O2. The Kier molecular flexibility index (Phi) is 3.82. The van der Waals surface area contributed by atoms with Crippen molar-refractivity contribution >= 4 is 0 Å². The van der Waals surface area contributed by atoms with Crippen LogP contribution in [0.15, 0.2) is 4.42 Å². The highest BCUT2D eigenvalue weighted by Gasteiger charge is 2.15. The van der Waals surface area contributed by atoms with E-state index in [1.165, 1.54) is 0 Å². The second-order valence-corrected chi connectivity index (χ2v) is 4.45. The van der Waals surface area contributed by atoms with E-state index in [0.717, 1.165) is 6.42 Å². The minimum atomic E-state index is -0.207. The number of aromatic nitrogens is 2. The Labute approximate surface area is 90.0 Å². The van der Waals surface area contributed by atoms with Gasteiger partial charge in [0.1, 0.15) is 6.61 Å². The van der Waals surface area contributed by atoms with Crippen LogP contribution < -0.4 is 5.73 Å². The highest BCUT2D eigenvalue weighted by Crippen LogP contribution is 2.14. The molecule has 0 aliphatic carbocycles. The molecule has 1 rings (SSSR count). The van der Waals surface area contributed by atoms with Crippen molar-refractivity contribution < 1.29 is 9.15 Å². The molecule has 1 unspecified atom stereocenters. The van der Waals surface area contributed by atoms with Crippen LogP contribution in [-0.2, 0) is 11.3 Å². The fraction of sp³-hybridized carbons (Fsp3) is 0.800. The van der Waals surface area contributed by atoms with Gasteiger partial charge in [0.15, 0.2) is 0 Å². The summed E-state index contributed by atoms with van der Waals surface area (Å²) in [7, 11) is 0. The van der Waals surface area contributed by atoms with Gasteiger partial charge in [-0.1, -0.05) is 6.92 Å². The maximum absolute atomic E-state index is 5.75. The van der Waals surface area contributed by atoms with Crippen LogP contribution in [0.3, 0.4) is 0 Å². The van der Waals surface area contributed by atoms with Gasteiger partial charge in [-0.25, -0.2) is 0 Å². The molecular weight excluding hydrogens is 194 g/mol. The van der Waals surface area contributed by atoms with Gasteiger partial charge in [-0.2, -0.15) is 0 Å². The summed E-state index contributed by atoms with van der Waals surface area (Å²) < 4.78 is 10.9. The van der Waals surface area contributed by atoms with Crippen molar-refractivity contribution in [1.29, 1.82) is 0 Å². The van der Waals surface area contributed by atoms with E-state index in [-0.39, 0.29) is 11.6 Å². The maximum Gasteiger partial charge on any atom is 0.242 e. The van der Waals surface area contributed by atoms with E-state index in [9.17, 15) is 0 Å². The van der Waals surface area contributed by atoms with Gasteiger partial charge in [0.05, 0.1) is 11.6 Å². The zero-order valence-corrected chi connectivity index (χ0v) is 9.78. The second kappa shape index (κ2) is 4.72. The smallest absolute Gasteiger partial charge is 0.242 e. The van der Waals surface area contributed by atoms with Gasteiger partial charge in [0.25, 0.3) is 0 Å². The highest BCUT2D eigenvalue weighted by molar-refractivity contribution is 4.87. The lowest BCUT2D eigenvalue weighted by atomic mass is 10.2. The molecule has 0 spiro atoms. The summed E-state index contributed by atoms with van der Waals surface area (Å²) in [6, 6.07) is -0.180. The van der Waals surface area contributed by atoms with Crippen LogP contribution in [0.2, 0.25) is 0 Å². The first kappa shape index (κ1) is 12.1. The van der Waals surface area contributed by atoms with E-state index in [1.807, 2.05) is 27.7 Å². The summed E-state index contributed by atoms with van der Waals surface area (Å²) in [4.78, 5) is 0. The molecule has 0 fully saturated rings. The van der Waals surface area contributed by atoms with Crippen LogP contribution in [0, 0.1) is 0 Å². The van der Waals surface area contributed by atoms with Crippen molar-refractivity contribution in [2.75, 3.05) is 0 Å². The van der Waals surface area contributed by atoms with E-state index < -0.39 is 0 Å². The molecule has 0 aliphatic heterocycles. The maximum atomic E-state index is 5.75. The van der Waals surface area contributed by atoms with Crippen LogP contribution in [0.1, 0.15) is 51.9 Å². The van der Waals surface area contributed by atoms with Crippen molar-refractivity contribution in [2.45, 2.75) is 52.4 Å². The van der Waals surface area contributed by atoms with E-state index in [4.69, 9.17) is 14.9 Å². The third-order valence-electron chi connectivity index (χ3n) is 1.87. The van der Waals surface area contributed by atoms with Gasteiger partial charge in [0.2, 0.25) is 11.8 Å². The fourth-order valence-electron chi connectivity index (χ4n) is 0.928.